The summed E-state index contributed by atoms with van der Waals surface area (Å²) in [4.78, 5) is 34.1. The van der Waals surface area contributed by atoms with Crippen molar-refractivity contribution in [3.05, 3.63) is 45.1 Å². The van der Waals surface area contributed by atoms with Gasteiger partial charge in [-0.2, -0.15) is 0 Å². The number of ether oxygens (including phenoxy) is 1. The number of carbonyl (C=O) groups is 2. The van der Waals surface area contributed by atoms with Gasteiger partial charge in [-0.1, -0.05) is 0 Å². The molecule has 122 valence electrons. The number of aromatic hydroxyl groups is 1. The zero-order valence-electron chi connectivity index (χ0n) is 12.5. The van der Waals surface area contributed by atoms with Gasteiger partial charge >= 0.3 is 12.0 Å². The average molecular weight is 321 g/mol. The number of phenolic OH excluding ortho intramolecular Hbond substituents is 1. The number of hydrogen-bond acceptors (Lipinski definition) is 6. The lowest BCUT2D eigenvalue weighted by Crippen LogP contribution is -2.45. The molecule has 9 heteroatoms. The number of amides is 2. The molecule has 0 saturated heterocycles. The summed E-state index contributed by atoms with van der Waals surface area (Å²) in [6, 6.07) is 1.73. The van der Waals surface area contributed by atoms with Crippen LogP contribution in [0.25, 0.3) is 0 Å². The number of phenols is 1. The molecular formula is C14H15N3O6. The van der Waals surface area contributed by atoms with Crippen LogP contribution in [0.3, 0.4) is 0 Å². The topological polar surface area (TPSA) is 131 Å². The van der Waals surface area contributed by atoms with Crippen LogP contribution in [0, 0.1) is 10.1 Å². The second-order valence-corrected chi connectivity index (χ2v) is 4.79. The summed E-state index contributed by atoms with van der Waals surface area (Å²) in [5, 5.41) is 25.8. The number of nitro groups is 1. The first kappa shape index (κ1) is 16.3. The number of nitrogens with one attached hydrogen (secondary N) is 2. The predicted octanol–water partition coefficient (Wildman–Crippen LogP) is 1.49. The highest BCUT2D eigenvalue weighted by atomic mass is 16.6. The Morgan fingerprint density at radius 2 is 2.17 bits per heavy atom. The standard InChI is InChI=1S/C14H15N3O6/c1-3-23-13(19)11-7(2)15-14(20)16-12(11)9-6-8(17(21)22)4-5-10(9)18/h4-6,12,18H,3H2,1-2H3,(H2,15,16,20)/t12-/m0/s1. The number of urea groups is 1. The van der Waals surface area contributed by atoms with Crippen LogP contribution < -0.4 is 10.6 Å². The Morgan fingerprint density at radius 1 is 1.48 bits per heavy atom. The third-order valence-electron chi connectivity index (χ3n) is 3.30. The second kappa shape index (κ2) is 6.34. The molecule has 1 aliphatic heterocycles. The van der Waals surface area contributed by atoms with Crippen molar-refractivity contribution in [2.24, 2.45) is 0 Å². The second-order valence-electron chi connectivity index (χ2n) is 4.79. The zero-order chi connectivity index (χ0) is 17.1. The van der Waals surface area contributed by atoms with E-state index in [1.54, 1.807) is 6.92 Å². The van der Waals surface area contributed by atoms with Crippen molar-refractivity contribution in [1.82, 2.24) is 10.6 Å². The molecule has 3 N–H and O–H groups in total. The molecular weight excluding hydrogens is 306 g/mol. The Hall–Kier alpha value is -3.10. The molecule has 2 amide bonds. The average Bonchev–Trinajstić information content (AvgIpc) is 2.46. The summed E-state index contributed by atoms with van der Waals surface area (Å²) in [5.41, 5.74) is 0.0910. The van der Waals surface area contributed by atoms with E-state index in [9.17, 15) is 24.8 Å². The molecule has 1 aromatic carbocycles. The van der Waals surface area contributed by atoms with Gasteiger partial charge in [-0.15, -0.1) is 0 Å². The van der Waals surface area contributed by atoms with Gasteiger partial charge in [-0.3, -0.25) is 10.1 Å². The van der Waals surface area contributed by atoms with Crippen molar-refractivity contribution >= 4 is 17.7 Å². The largest absolute Gasteiger partial charge is 0.508 e. The number of nitrogens with zero attached hydrogens (tertiary/aromatic N) is 1. The lowest BCUT2D eigenvalue weighted by Gasteiger charge is -2.28. The fourth-order valence-corrected chi connectivity index (χ4v) is 2.29. The van der Waals surface area contributed by atoms with Crippen molar-refractivity contribution in [3.63, 3.8) is 0 Å². The van der Waals surface area contributed by atoms with Crippen molar-refractivity contribution in [1.29, 1.82) is 0 Å². The van der Waals surface area contributed by atoms with Crippen molar-refractivity contribution in [3.8, 4) is 5.75 Å². The summed E-state index contributed by atoms with van der Waals surface area (Å²) >= 11 is 0. The summed E-state index contributed by atoms with van der Waals surface area (Å²) in [6.07, 6.45) is 0. The Balaban J connectivity index is 2.56. The van der Waals surface area contributed by atoms with Crippen LogP contribution >= 0.6 is 0 Å². The highest BCUT2D eigenvalue weighted by molar-refractivity contribution is 5.95. The van der Waals surface area contributed by atoms with E-state index in [1.807, 2.05) is 0 Å². The summed E-state index contributed by atoms with van der Waals surface area (Å²) < 4.78 is 4.95. The van der Waals surface area contributed by atoms with Crippen molar-refractivity contribution in [2.75, 3.05) is 6.61 Å². The monoisotopic (exact) mass is 321 g/mol. The molecule has 0 spiro atoms. The van der Waals surface area contributed by atoms with E-state index in [-0.39, 0.29) is 34.9 Å². The van der Waals surface area contributed by atoms with Crippen LogP contribution in [0.1, 0.15) is 25.5 Å². The highest BCUT2D eigenvalue weighted by Crippen LogP contribution is 2.35. The van der Waals surface area contributed by atoms with Crippen LogP contribution in [0.4, 0.5) is 10.5 Å². The smallest absolute Gasteiger partial charge is 0.338 e. The zero-order valence-corrected chi connectivity index (χ0v) is 12.5. The summed E-state index contributed by atoms with van der Waals surface area (Å²) in [6.45, 7) is 3.26. The van der Waals surface area contributed by atoms with E-state index in [1.165, 1.54) is 6.92 Å². The molecule has 0 fully saturated rings. The van der Waals surface area contributed by atoms with E-state index >= 15 is 0 Å². The number of carbonyl (C=O) groups excluding carboxylic acids is 2. The van der Waals surface area contributed by atoms with E-state index < -0.39 is 23.0 Å². The maximum atomic E-state index is 12.1. The minimum absolute atomic E-state index is 0.0384. The molecule has 1 aromatic rings. The van der Waals surface area contributed by atoms with Crippen LogP contribution in [-0.4, -0.2) is 28.6 Å². The molecule has 2 rings (SSSR count). The Morgan fingerprint density at radius 3 is 2.78 bits per heavy atom. The van der Waals surface area contributed by atoms with Gasteiger partial charge in [0.25, 0.3) is 5.69 Å². The van der Waals surface area contributed by atoms with Gasteiger partial charge in [0.1, 0.15) is 5.75 Å². The van der Waals surface area contributed by atoms with Crippen molar-refractivity contribution in [2.45, 2.75) is 19.9 Å². The molecule has 0 bridgehead atoms. The minimum atomic E-state index is -1.05. The van der Waals surface area contributed by atoms with Gasteiger partial charge in [0.2, 0.25) is 0 Å². The van der Waals surface area contributed by atoms with Gasteiger partial charge in [0.05, 0.1) is 23.1 Å². The summed E-state index contributed by atoms with van der Waals surface area (Å²) in [7, 11) is 0. The Bertz CT molecular complexity index is 712. The predicted molar refractivity (Wildman–Crippen MR) is 78.5 cm³/mol. The van der Waals surface area contributed by atoms with Crippen LogP contribution in [0.15, 0.2) is 29.5 Å². The van der Waals surface area contributed by atoms with Gasteiger partial charge in [-0.05, 0) is 19.9 Å². The van der Waals surface area contributed by atoms with Gasteiger partial charge in [0, 0.05) is 23.4 Å². The fraction of sp³-hybridized carbons (Fsp3) is 0.286. The normalized spacial score (nSPS) is 17.3. The molecule has 0 unspecified atom stereocenters. The highest BCUT2D eigenvalue weighted by Gasteiger charge is 2.34. The SMILES string of the molecule is CCOC(=O)C1=C(C)NC(=O)N[C@H]1c1cc([N+](=O)[O-])ccc1O. The number of hydrogen-bond donors (Lipinski definition) is 3. The number of benzene rings is 1. The molecule has 0 aromatic heterocycles. The Labute approximate surface area is 131 Å². The third-order valence-corrected chi connectivity index (χ3v) is 3.30. The fourth-order valence-electron chi connectivity index (χ4n) is 2.29. The van der Waals surface area contributed by atoms with Crippen LogP contribution in [-0.2, 0) is 9.53 Å². The van der Waals surface area contributed by atoms with Crippen LogP contribution in [0.2, 0.25) is 0 Å². The molecule has 0 radical (unpaired) electrons. The van der Waals surface area contributed by atoms with Gasteiger partial charge < -0.3 is 20.5 Å². The van der Waals surface area contributed by atoms with Crippen molar-refractivity contribution < 1.29 is 24.4 Å². The van der Waals surface area contributed by atoms with E-state index in [4.69, 9.17) is 4.74 Å². The third kappa shape index (κ3) is 3.23. The number of rotatable bonds is 4. The lowest BCUT2D eigenvalue weighted by atomic mass is 9.94. The van der Waals surface area contributed by atoms with Crippen LogP contribution in [0.5, 0.6) is 5.75 Å². The molecule has 9 nitrogen and oxygen atoms in total. The summed E-state index contributed by atoms with van der Waals surface area (Å²) in [5.74, 6) is -0.967. The number of esters is 1. The maximum Gasteiger partial charge on any atom is 0.338 e. The quantitative estimate of drug-likeness (QED) is 0.437. The first-order valence-electron chi connectivity index (χ1n) is 6.77. The van der Waals surface area contributed by atoms with E-state index in [0.29, 0.717) is 0 Å². The minimum Gasteiger partial charge on any atom is -0.508 e. The molecule has 1 aliphatic rings. The van der Waals surface area contributed by atoms with Gasteiger partial charge in [0.15, 0.2) is 0 Å². The molecule has 0 aliphatic carbocycles. The molecule has 1 heterocycles. The maximum absolute atomic E-state index is 12.1. The lowest BCUT2D eigenvalue weighted by molar-refractivity contribution is -0.385. The number of non-ortho nitro benzene ring substituents is 1. The molecule has 1 atom stereocenters. The molecule has 0 saturated carbocycles. The number of allylic oxidation sites excluding steroid dienone is 1. The Kier molecular flexibility index (Phi) is 4.49. The molecule has 23 heavy (non-hydrogen) atoms. The van der Waals surface area contributed by atoms with E-state index in [0.717, 1.165) is 18.2 Å². The van der Waals surface area contributed by atoms with Gasteiger partial charge in [-0.25, -0.2) is 9.59 Å². The first-order valence-corrected chi connectivity index (χ1v) is 6.77. The first-order chi connectivity index (χ1) is 10.8. The number of nitro benzene ring substituents is 1. The van der Waals surface area contributed by atoms with E-state index in [2.05, 4.69) is 10.6 Å².